The van der Waals surface area contributed by atoms with E-state index >= 15 is 0 Å². The second-order valence-corrected chi connectivity index (χ2v) is 7.34. The first-order valence-electron chi connectivity index (χ1n) is 9.71. The third-order valence-electron chi connectivity index (χ3n) is 5.05. The van der Waals surface area contributed by atoms with E-state index in [0.717, 1.165) is 11.1 Å². The van der Waals surface area contributed by atoms with Gasteiger partial charge in [0.15, 0.2) is 0 Å². The zero-order valence-electron chi connectivity index (χ0n) is 16.1. The van der Waals surface area contributed by atoms with E-state index in [9.17, 15) is 24.9 Å². The number of aliphatic hydroxyl groups is 2. The summed E-state index contributed by atoms with van der Waals surface area (Å²) in [5.74, 6) is 0.0231. The number of benzene rings is 2. The van der Waals surface area contributed by atoms with Crippen molar-refractivity contribution in [2.75, 3.05) is 18.4 Å². The summed E-state index contributed by atoms with van der Waals surface area (Å²) in [4.78, 5) is 25.7. The van der Waals surface area contributed by atoms with Gasteiger partial charge in [-0.25, -0.2) is 0 Å². The van der Waals surface area contributed by atoms with Crippen LogP contribution in [0.3, 0.4) is 0 Å². The van der Waals surface area contributed by atoms with Gasteiger partial charge in [0.2, 0.25) is 11.8 Å². The molecule has 1 aliphatic heterocycles. The van der Waals surface area contributed by atoms with E-state index in [1.54, 1.807) is 24.3 Å². The third kappa shape index (κ3) is 6.04. The van der Waals surface area contributed by atoms with Gasteiger partial charge in [-0.1, -0.05) is 24.3 Å². The molecule has 7 nitrogen and oxygen atoms in total. The SMILES string of the molecule is O=C(CCc1ccc(O)cc1)Nc1ccc(CCC(=O)N2C[C@@H](O)[C@H](O)C2)cc1. The minimum atomic E-state index is -0.865. The molecule has 1 saturated heterocycles. The highest BCUT2D eigenvalue weighted by Gasteiger charge is 2.32. The Balaban J connectivity index is 1.41. The van der Waals surface area contributed by atoms with Gasteiger partial charge in [0, 0.05) is 31.6 Å². The number of rotatable bonds is 7. The summed E-state index contributed by atoms with van der Waals surface area (Å²) >= 11 is 0. The van der Waals surface area contributed by atoms with Crippen molar-refractivity contribution in [3.05, 3.63) is 59.7 Å². The summed E-state index contributed by atoms with van der Waals surface area (Å²) in [7, 11) is 0. The second kappa shape index (κ2) is 9.54. The van der Waals surface area contributed by atoms with E-state index in [2.05, 4.69) is 5.32 Å². The molecule has 154 valence electrons. The summed E-state index contributed by atoms with van der Waals surface area (Å²) in [5.41, 5.74) is 2.65. The number of phenols is 1. The molecular weight excluding hydrogens is 372 g/mol. The molecule has 2 aromatic carbocycles. The van der Waals surface area contributed by atoms with E-state index < -0.39 is 12.2 Å². The lowest BCUT2D eigenvalue weighted by Crippen LogP contribution is -2.29. The van der Waals surface area contributed by atoms with Crippen molar-refractivity contribution in [3.8, 4) is 5.75 Å². The first kappa shape index (κ1) is 20.8. The lowest BCUT2D eigenvalue weighted by molar-refractivity contribution is -0.130. The van der Waals surface area contributed by atoms with Gasteiger partial charge in [-0.2, -0.15) is 0 Å². The van der Waals surface area contributed by atoms with Crippen LogP contribution in [0.4, 0.5) is 5.69 Å². The molecule has 0 bridgehead atoms. The number of amides is 2. The number of aromatic hydroxyl groups is 1. The summed E-state index contributed by atoms with van der Waals surface area (Å²) in [5, 5.41) is 31.2. The van der Waals surface area contributed by atoms with Crippen molar-refractivity contribution in [2.45, 2.75) is 37.9 Å². The Morgan fingerprint density at radius 2 is 1.38 bits per heavy atom. The number of carbonyl (C=O) groups is 2. The van der Waals surface area contributed by atoms with Crippen LogP contribution in [-0.2, 0) is 22.4 Å². The first-order chi connectivity index (χ1) is 13.9. The standard InChI is InChI=1S/C22H26N2O5/c25-18-9-3-16(4-10-18)5-11-21(28)23-17-7-1-15(2-8-17)6-12-22(29)24-13-19(26)20(27)14-24/h1-4,7-10,19-20,25-27H,5-6,11-14H2,(H,23,28)/t19-,20-/m1/s1. The molecule has 0 aromatic heterocycles. The van der Waals surface area contributed by atoms with Crippen molar-refractivity contribution in [2.24, 2.45) is 0 Å². The number of nitrogens with one attached hydrogen (secondary N) is 1. The van der Waals surface area contributed by atoms with Gasteiger partial charge in [0.25, 0.3) is 0 Å². The van der Waals surface area contributed by atoms with Crippen LogP contribution < -0.4 is 5.32 Å². The number of carbonyl (C=O) groups excluding carboxylic acids is 2. The smallest absolute Gasteiger partial charge is 0.224 e. The average Bonchev–Trinajstić information content (AvgIpc) is 3.05. The van der Waals surface area contributed by atoms with Gasteiger partial charge in [0.05, 0.1) is 12.2 Å². The van der Waals surface area contributed by atoms with E-state index in [0.29, 0.717) is 31.4 Å². The summed E-state index contributed by atoms with van der Waals surface area (Å²) < 4.78 is 0. The minimum Gasteiger partial charge on any atom is -0.508 e. The van der Waals surface area contributed by atoms with E-state index in [1.165, 1.54) is 4.90 Å². The monoisotopic (exact) mass is 398 g/mol. The molecular formula is C22H26N2O5. The first-order valence-corrected chi connectivity index (χ1v) is 9.71. The predicted octanol–water partition coefficient (Wildman–Crippen LogP) is 1.46. The number of nitrogens with zero attached hydrogens (tertiary/aromatic N) is 1. The molecule has 2 atom stereocenters. The van der Waals surface area contributed by atoms with Crippen LogP contribution in [0.5, 0.6) is 5.75 Å². The van der Waals surface area contributed by atoms with Gasteiger partial charge < -0.3 is 25.5 Å². The Bertz CT molecular complexity index is 825. The number of phenolic OH excluding ortho intramolecular Hbond substituents is 1. The van der Waals surface area contributed by atoms with Crippen molar-refractivity contribution in [1.29, 1.82) is 0 Å². The number of hydrogen-bond donors (Lipinski definition) is 4. The molecule has 3 rings (SSSR count). The topological polar surface area (TPSA) is 110 Å². The normalized spacial score (nSPS) is 18.6. The molecule has 0 saturated carbocycles. The Labute approximate surface area is 169 Å². The molecule has 0 radical (unpaired) electrons. The lowest BCUT2D eigenvalue weighted by Gasteiger charge is -2.15. The fourth-order valence-corrected chi connectivity index (χ4v) is 3.28. The van der Waals surface area contributed by atoms with E-state index in [1.807, 2.05) is 24.3 Å². The second-order valence-electron chi connectivity index (χ2n) is 7.34. The van der Waals surface area contributed by atoms with Gasteiger partial charge in [-0.3, -0.25) is 9.59 Å². The molecule has 2 amide bonds. The Morgan fingerprint density at radius 1 is 0.862 bits per heavy atom. The lowest BCUT2D eigenvalue weighted by atomic mass is 10.1. The number of anilines is 1. The Kier molecular flexibility index (Phi) is 6.85. The van der Waals surface area contributed by atoms with Gasteiger partial charge in [-0.15, -0.1) is 0 Å². The molecule has 7 heteroatoms. The quantitative estimate of drug-likeness (QED) is 0.564. The van der Waals surface area contributed by atoms with Crippen LogP contribution in [0.15, 0.2) is 48.5 Å². The van der Waals surface area contributed by atoms with E-state index in [4.69, 9.17) is 0 Å². The molecule has 0 unspecified atom stereocenters. The molecule has 0 spiro atoms. The number of hydrogen-bond acceptors (Lipinski definition) is 5. The maximum atomic E-state index is 12.2. The van der Waals surface area contributed by atoms with Gasteiger partial charge in [0.1, 0.15) is 5.75 Å². The highest BCUT2D eigenvalue weighted by atomic mass is 16.3. The molecule has 29 heavy (non-hydrogen) atoms. The summed E-state index contributed by atoms with van der Waals surface area (Å²) in [6, 6.07) is 14.1. The minimum absolute atomic E-state index is 0.0905. The zero-order chi connectivity index (χ0) is 20.8. The van der Waals surface area contributed by atoms with Crippen molar-refractivity contribution in [1.82, 2.24) is 4.90 Å². The highest BCUT2D eigenvalue weighted by molar-refractivity contribution is 5.90. The van der Waals surface area contributed by atoms with Gasteiger partial charge in [-0.05, 0) is 48.2 Å². The number of β-amino-alcohol motifs (C(OH)–C–C–N with tert-alkyl or cyclic N) is 2. The molecule has 1 aliphatic rings. The maximum absolute atomic E-state index is 12.2. The number of likely N-dealkylation sites (tertiary alicyclic amines) is 1. The van der Waals surface area contributed by atoms with Crippen LogP contribution in [-0.4, -0.2) is 57.3 Å². The maximum Gasteiger partial charge on any atom is 0.224 e. The van der Waals surface area contributed by atoms with Crippen LogP contribution in [0, 0.1) is 0 Å². The molecule has 1 heterocycles. The number of aliphatic hydroxyl groups excluding tert-OH is 2. The molecule has 0 aliphatic carbocycles. The van der Waals surface area contributed by atoms with Crippen LogP contribution in [0.25, 0.3) is 0 Å². The molecule has 4 N–H and O–H groups in total. The molecule has 1 fully saturated rings. The molecule has 2 aromatic rings. The fourth-order valence-electron chi connectivity index (χ4n) is 3.28. The van der Waals surface area contributed by atoms with Gasteiger partial charge >= 0.3 is 0 Å². The van der Waals surface area contributed by atoms with Crippen molar-refractivity contribution in [3.63, 3.8) is 0 Å². The highest BCUT2D eigenvalue weighted by Crippen LogP contribution is 2.16. The largest absolute Gasteiger partial charge is 0.508 e. The summed E-state index contributed by atoms with van der Waals surface area (Å²) in [6.07, 6.45) is 0.0570. The van der Waals surface area contributed by atoms with Crippen LogP contribution in [0.1, 0.15) is 24.0 Å². The zero-order valence-corrected chi connectivity index (χ0v) is 16.1. The van der Waals surface area contributed by atoms with Crippen molar-refractivity contribution < 1.29 is 24.9 Å². The Morgan fingerprint density at radius 3 is 1.97 bits per heavy atom. The van der Waals surface area contributed by atoms with Crippen LogP contribution >= 0.6 is 0 Å². The average molecular weight is 398 g/mol. The number of aryl methyl sites for hydroxylation is 2. The fraction of sp³-hybridized carbons (Fsp3) is 0.364. The third-order valence-corrected chi connectivity index (χ3v) is 5.05. The van der Waals surface area contributed by atoms with Crippen LogP contribution in [0.2, 0.25) is 0 Å². The Hall–Kier alpha value is -2.90. The predicted molar refractivity (Wildman–Crippen MR) is 108 cm³/mol. The van der Waals surface area contributed by atoms with E-state index in [-0.39, 0.29) is 30.7 Å². The summed E-state index contributed by atoms with van der Waals surface area (Å²) in [6.45, 7) is 0.351. The van der Waals surface area contributed by atoms with Crippen molar-refractivity contribution >= 4 is 17.5 Å².